The number of hydroxylamine groups is 2. The molecule has 1 aromatic heterocycles. The van der Waals surface area contributed by atoms with Gasteiger partial charge in [-0.25, -0.2) is 9.18 Å². The lowest BCUT2D eigenvalue weighted by atomic mass is 9.89. The highest BCUT2D eigenvalue weighted by molar-refractivity contribution is 6.99. The third-order valence-corrected chi connectivity index (χ3v) is 13.8. The summed E-state index contributed by atoms with van der Waals surface area (Å²) in [6.45, 7) is 6.81. The summed E-state index contributed by atoms with van der Waals surface area (Å²) in [5.41, 5.74) is -1.34. The highest BCUT2D eigenvalue weighted by Gasteiger charge is 2.54. The van der Waals surface area contributed by atoms with Crippen molar-refractivity contribution in [3.63, 3.8) is 0 Å². The molecule has 1 saturated carbocycles. The molecule has 0 bridgehead atoms. The molecule has 0 spiro atoms. The van der Waals surface area contributed by atoms with Crippen molar-refractivity contribution in [1.29, 1.82) is 0 Å². The van der Waals surface area contributed by atoms with Crippen LogP contribution in [0.5, 0.6) is 0 Å². The summed E-state index contributed by atoms with van der Waals surface area (Å²) >= 11 is 0. The second-order valence-corrected chi connectivity index (χ2v) is 16.9. The number of hydrogen-bond acceptors (Lipinski definition) is 6. The van der Waals surface area contributed by atoms with Gasteiger partial charge in [0, 0.05) is 18.8 Å². The van der Waals surface area contributed by atoms with E-state index in [0.717, 1.165) is 51.8 Å². The largest absolute Gasteiger partial charge is 0.405 e. The number of nitrogens with zero attached hydrogens (tertiary/aromatic N) is 2. The standard InChI is InChI=1S/C32H42FN3O5Si/c1-32(2,3)42(24-15-9-5-10-16-24,25-17-11-6-12-18-25)40-22-26-29(36(39)21-23-13-7-4-8-14-23)28(33)30(41-26)35-20-19-27(37)34-31(35)38/h5-6,9-12,15-20,23,26,28-30,39H,4,7-8,13-14,21-22H2,1-3H3,(H,34,37,38)/t26-,28+,29-,30-/m1/s1. The van der Waals surface area contributed by atoms with Gasteiger partial charge in [-0.15, -0.1) is 0 Å². The number of hydrogen-bond donors (Lipinski definition) is 2. The van der Waals surface area contributed by atoms with Crippen molar-refractivity contribution < 1.29 is 18.8 Å². The van der Waals surface area contributed by atoms with Gasteiger partial charge in [0.05, 0.1) is 12.6 Å². The van der Waals surface area contributed by atoms with Crippen LogP contribution in [-0.4, -0.2) is 59.6 Å². The van der Waals surface area contributed by atoms with Crippen LogP contribution in [0.15, 0.2) is 82.5 Å². The van der Waals surface area contributed by atoms with Crippen molar-refractivity contribution in [3.8, 4) is 0 Å². The third-order valence-electron chi connectivity index (χ3n) is 8.81. The van der Waals surface area contributed by atoms with Crippen LogP contribution in [0.4, 0.5) is 4.39 Å². The van der Waals surface area contributed by atoms with Gasteiger partial charge in [0.2, 0.25) is 0 Å². The highest BCUT2D eigenvalue weighted by atomic mass is 28.4. The molecule has 10 heteroatoms. The Morgan fingerprint density at radius 3 is 2.14 bits per heavy atom. The van der Waals surface area contributed by atoms with Gasteiger partial charge in [0.15, 0.2) is 12.4 Å². The minimum absolute atomic E-state index is 0.00863. The second kappa shape index (κ2) is 12.8. The fraction of sp³-hybridized carbons (Fsp3) is 0.500. The zero-order valence-electron chi connectivity index (χ0n) is 24.6. The van der Waals surface area contributed by atoms with Crippen molar-refractivity contribution in [2.75, 3.05) is 13.2 Å². The number of aromatic nitrogens is 2. The van der Waals surface area contributed by atoms with Crippen LogP contribution in [0, 0.1) is 5.92 Å². The minimum Gasteiger partial charge on any atom is -0.405 e. The van der Waals surface area contributed by atoms with Gasteiger partial charge < -0.3 is 14.4 Å². The lowest BCUT2D eigenvalue weighted by molar-refractivity contribution is -0.163. The summed E-state index contributed by atoms with van der Waals surface area (Å²) in [4.78, 5) is 26.5. The molecule has 1 saturated heterocycles. The Kier molecular flexibility index (Phi) is 9.29. The van der Waals surface area contributed by atoms with E-state index in [-0.39, 0.29) is 17.6 Å². The van der Waals surface area contributed by atoms with Crippen molar-refractivity contribution >= 4 is 18.7 Å². The zero-order chi connectivity index (χ0) is 29.9. The summed E-state index contributed by atoms with van der Waals surface area (Å²) in [5.74, 6) is 0.254. The van der Waals surface area contributed by atoms with Gasteiger partial charge >= 0.3 is 5.69 Å². The summed E-state index contributed by atoms with van der Waals surface area (Å²) in [5, 5.41) is 14.3. The van der Waals surface area contributed by atoms with Crippen LogP contribution < -0.4 is 21.6 Å². The van der Waals surface area contributed by atoms with Crippen LogP contribution in [-0.2, 0) is 9.16 Å². The van der Waals surface area contributed by atoms with Crippen molar-refractivity contribution in [2.45, 2.75) is 82.5 Å². The van der Waals surface area contributed by atoms with E-state index in [1.807, 2.05) is 36.4 Å². The smallest absolute Gasteiger partial charge is 0.330 e. The molecule has 0 amide bonds. The van der Waals surface area contributed by atoms with Gasteiger partial charge in [-0.05, 0) is 34.2 Å². The molecule has 5 rings (SSSR count). The Bertz CT molecular complexity index is 1380. The van der Waals surface area contributed by atoms with Crippen LogP contribution in [0.2, 0.25) is 5.04 Å². The molecule has 0 radical (unpaired) electrons. The average Bonchev–Trinajstić information content (AvgIpc) is 3.30. The van der Waals surface area contributed by atoms with E-state index < -0.39 is 44.1 Å². The minimum atomic E-state index is -2.98. The summed E-state index contributed by atoms with van der Waals surface area (Å²) < 4.78 is 30.7. The Morgan fingerprint density at radius 2 is 1.60 bits per heavy atom. The normalized spacial score (nSPS) is 23.9. The Morgan fingerprint density at radius 1 is 1.00 bits per heavy atom. The van der Waals surface area contributed by atoms with E-state index in [1.165, 1.54) is 12.6 Å². The number of benzene rings is 2. The average molecular weight is 596 g/mol. The number of nitrogens with one attached hydrogen (secondary N) is 1. The van der Waals surface area contributed by atoms with Crippen molar-refractivity contribution in [1.82, 2.24) is 14.6 Å². The van der Waals surface area contributed by atoms with Crippen LogP contribution in [0.3, 0.4) is 0 Å². The second-order valence-electron chi connectivity index (χ2n) is 12.6. The molecule has 2 N–H and O–H groups in total. The molecule has 2 heterocycles. The first kappa shape index (κ1) is 30.6. The van der Waals surface area contributed by atoms with Gasteiger partial charge in [0.1, 0.15) is 6.10 Å². The first-order valence-corrected chi connectivity index (χ1v) is 16.8. The van der Waals surface area contributed by atoms with E-state index in [0.29, 0.717) is 6.54 Å². The SMILES string of the molecule is CC(C)(C)[Si](OC[C@H]1O[C@@H](n2ccc(=O)[nH]c2=O)[C@@H](F)[C@@H]1N(O)CC1CCCCC1)(c1ccccc1)c1ccccc1. The number of ether oxygens (including phenoxy) is 1. The van der Waals surface area contributed by atoms with Crippen LogP contribution in [0.25, 0.3) is 0 Å². The maximum absolute atomic E-state index is 16.4. The van der Waals surface area contributed by atoms with Gasteiger partial charge in [0.25, 0.3) is 13.9 Å². The Balaban J connectivity index is 1.51. The molecule has 42 heavy (non-hydrogen) atoms. The summed E-state index contributed by atoms with van der Waals surface area (Å²) in [7, 11) is -2.98. The lowest BCUT2D eigenvalue weighted by Gasteiger charge is -2.44. The van der Waals surface area contributed by atoms with Crippen LogP contribution in [0.1, 0.15) is 59.1 Å². The molecule has 0 unspecified atom stereocenters. The molecule has 2 fully saturated rings. The third kappa shape index (κ3) is 6.09. The highest BCUT2D eigenvalue weighted by Crippen LogP contribution is 2.39. The predicted molar refractivity (Wildman–Crippen MR) is 163 cm³/mol. The maximum Gasteiger partial charge on any atom is 0.330 e. The Labute approximate surface area is 247 Å². The fourth-order valence-electron chi connectivity index (χ4n) is 6.77. The number of aromatic amines is 1. The predicted octanol–water partition coefficient (Wildman–Crippen LogP) is 3.99. The molecule has 2 aliphatic rings. The van der Waals surface area contributed by atoms with E-state index in [2.05, 4.69) is 50.0 Å². The zero-order valence-corrected chi connectivity index (χ0v) is 25.6. The number of alkyl halides is 1. The van der Waals surface area contributed by atoms with E-state index in [1.54, 1.807) is 0 Å². The molecule has 1 aliphatic carbocycles. The van der Waals surface area contributed by atoms with Gasteiger partial charge in [-0.3, -0.25) is 14.3 Å². The lowest BCUT2D eigenvalue weighted by Crippen LogP contribution is -2.67. The molecule has 8 nitrogen and oxygen atoms in total. The molecule has 3 aromatic rings. The monoisotopic (exact) mass is 595 g/mol. The topological polar surface area (TPSA) is 96.8 Å². The molecule has 4 atom stereocenters. The van der Waals surface area contributed by atoms with Crippen molar-refractivity contribution in [3.05, 3.63) is 93.8 Å². The summed E-state index contributed by atoms with van der Waals surface area (Å²) in [6, 6.07) is 20.4. The fourth-order valence-corrected chi connectivity index (χ4v) is 11.3. The molecule has 226 valence electrons. The molecule has 2 aromatic carbocycles. The van der Waals surface area contributed by atoms with Crippen LogP contribution >= 0.6 is 0 Å². The quantitative estimate of drug-likeness (QED) is 0.287. The van der Waals surface area contributed by atoms with E-state index >= 15 is 4.39 Å². The van der Waals surface area contributed by atoms with Crippen molar-refractivity contribution in [2.24, 2.45) is 5.92 Å². The number of rotatable bonds is 9. The van der Waals surface area contributed by atoms with E-state index in [9.17, 15) is 14.8 Å². The molecule has 1 aliphatic heterocycles. The first-order valence-electron chi connectivity index (χ1n) is 14.9. The number of H-pyrrole nitrogens is 1. The first-order chi connectivity index (χ1) is 20.1. The molecular weight excluding hydrogens is 553 g/mol. The summed E-state index contributed by atoms with van der Waals surface area (Å²) in [6.07, 6.45) is 2.61. The Hall–Kier alpha value is -2.89. The van der Waals surface area contributed by atoms with E-state index in [4.69, 9.17) is 9.16 Å². The maximum atomic E-state index is 16.4. The number of halogens is 1. The van der Waals surface area contributed by atoms with Gasteiger partial charge in [-0.1, -0.05) is 101 Å². The molecular formula is C32H42FN3O5Si. The van der Waals surface area contributed by atoms with Gasteiger partial charge in [-0.2, -0.15) is 5.06 Å².